The molecule has 14 heavy (non-hydrogen) atoms. The highest BCUT2D eigenvalue weighted by Crippen LogP contribution is 2.33. The van der Waals surface area contributed by atoms with Crippen LogP contribution in [0.25, 0.3) is 0 Å². The van der Waals surface area contributed by atoms with Crippen LogP contribution >= 0.6 is 22.6 Å². The molecule has 0 saturated heterocycles. The molecule has 0 bridgehead atoms. The molecule has 0 spiro atoms. The Balaban J connectivity index is 3.06. The van der Waals surface area contributed by atoms with Crippen LogP contribution in [0.15, 0.2) is 18.2 Å². The Labute approximate surface area is 93.4 Å². The first-order valence-corrected chi connectivity index (χ1v) is 5.02. The number of alkyl halides is 3. The highest BCUT2D eigenvalue weighted by atomic mass is 127. The summed E-state index contributed by atoms with van der Waals surface area (Å²) in [5.74, 6) is 0.280. The van der Waals surface area contributed by atoms with E-state index in [0.717, 1.165) is 12.1 Å². The van der Waals surface area contributed by atoms with E-state index in [9.17, 15) is 13.2 Å². The van der Waals surface area contributed by atoms with Crippen LogP contribution in [-0.2, 0) is 6.18 Å². The van der Waals surface area contributed by atoms with Crippen molar-refractivity contribution >= 4 is 22.6 Å². The lowest BCUT2D eigenvalue weighted by molar-refractivity contribution is -0.137. The van der Waals surface area contributed by atoms with Gasteiger partial charge in [0, 0.05) is 0 Å². The molecule has 0 N–H and O–H groups in total. The smallest absolute Gasteiger partial charge is 0.416 e. The third kappa shape index (κ3) is 2.76. The first-order chi connectivity index (χ1) is 6.45. The second kappa shape index (κ2) is 4.37. The van der Waals surface area contributed by atoms with Crippen molar-refractivity contribution in [1.29, 1.82) is 0 Å². The van der Waals surface area contributed by atoms with Gasteiger partial charge in [-0.05, 0) is 47.7 Å². The fourth-order valence-corrected chi connectivity index (χ4v) is 1.44. The van der Waals surface area contributed by atoms with Crippen LogP contribution in [0.5, 0.6) is 5.75 Å². The van der Waals surface area contributed by atoms with E-state index in [4.69, 9.17) is 4.74 Å². The minimum Gasteiger partial charge on any atom is -0.493 e. The molecule has 1 nitrogen and oxygen atoms in total. The Morgan fingerprint density at radius 2 is 2.00 bits per heavy atom. The molecule has 0 atom stereocenters. The first kappa shape index (κ1) is 11.6. The summed E-state index contributed by atoms with van der Waals surface area (Å²) in [6, 6.07) is 3.46. The number of ether oxygens (including phenoxy) is 1. The van der Waals surface area contributed by atoms with Crippen molar-refractivity contribution in [1.82, 2.24) is 0 Å². The van der Waals surface area contributed by atoms with E-state index in [-0.39, 0.29) is 5.75 Å². The summed E-state index contributed by atoms with van der Waals surface area (Å²) in [5, 5.41) is 0. The number of halogens is 4. The molecule has 1 aromatic rings. The van der Waals surface area contributed by atoms with Crippen LogP contribution < -0.4 is 4.74 Å². The monoisotopic (exact) mass is 316 g/mol. The standard InChI is InChI=1S/C9H8F3IO/c1-2-14-8-5-6(9(10,11)12)3-4-7(8)13/h3-5H,2H2,1H3. The first-order valence-electron chi connectivity index (χ1n) is 3.94. The predicted molar refractivity (Wildman–Crippen MR) is 55.3 cm³/mol. The van der Waals surface area contributed by atoms with E-state index in [1.54, 1.807) is 6.92 Å². The van der Waals surface area contributed by atoms with Gasteiger partial charge in [-0.2, -0.15) is 13.2 Å². The van der Waals surface area contributed by atoms with Crippen molar-refractivity contribution in [3.05, 3.63) is 27.3 Å². The molecule has 0 aromatic heterocycles. The lowest BCUT2D eigenvalue weighted by Gasteiger charge is -2.10. The molecule has 0 heterocycles. The Morgan fingerprint density at radius 3 is 2.50 bits per heavy atom. The third-order valence-corrected chi connectivity index (χ3v) is 2.45. The van der Waals surface area contributed by atoms with Gasteiger partial charge in [-0.3, -0.25) is 0 Å². The van der Waals surface area contributed by atoms with E-state index in [2.05, 4.69) is 0 Å². The van der Waals surface area contributed by atoms with Gasteiger partial charge >= 0.3 is 6.18 Å². The molecule has 78 valence electrons. The molecule has 0 saturated carbocycles. The van der Waals surface area contributed by atoms with Crippen molar-refractivity contribution < 1.29 is 17.9 Å². The Kier molecular flexibility index (Phi) is 3.63. The topological polar surface area (TPSA) is 9.23 Å². The average Bonchev–Trinajstić information content (AvgIpc) is 2.07. The largest absolute Gasteiger partial charge is 0.493 e. The van der Waals surface area contributed by atoms with Crippen molar-refractivity contribution in [2.75, 3.05) is 6.61 Å². The third-order valence-electron chi connectivity index (χ3n) is 1.56. The Morgan fingerprint density at radius 1 is 1.36 bits per heavy atom. The van der Waals surface area contributed by atoms with Gasteiger partial charge in [0.2, 0.25) is 0 Å². The molecule has 5 heteroatoms. The van der Waals surface area contributed by atoms with Gasteiger partial charge in [0.25, 0.3) is 0 Å². The summed E-state index contributed by atoms with van der Waals surface area (Å²) >= 11 is 1.94. The molecular weight excluding hydrogens is 308 g/mol. The highest BCUT2D eigenvalue weighted by molar-refractivity contribution is 14.1. The predicted octanol–water partition coefficient (Wildman–Crippen LogP) is 3.71. The van der Waals surface area contributed by atoms with E-state index in [1.165, 1.54) is 6.07 Å². The second-order valence-corrected chi connectivity index (χ2v) is 3.74. The summed E-state index contributed by atoms with van der Waals surface area (Å²) < 4.78 is 42.6. The molecule has 0 fully saturated rings. The molecule has 0 unspecified atom stereocenters. The van der Waals surface area contributed by atoms with Crippen LogP contribution in [-0.4, -0.2) is 6.61 Å². The average molecular weight is 316 g/mol. The van der Waals surface area contributed by atoms with Crippen molar-refractivity contribution in [3.63, 3.8) is 0 Å². The maximum atomic E-state index is 12.3. The zero-order chi connectivity index (χ0) is 10.8. The van der Waals surface area contributed by atoms with Crippen LogP contribution in [0, 0.1) is 3.57 Å². The van der Waals surface area contributed by atoms with Gasteiger partial charge in [-0.25, -0.2) is 0 Å². The van der Waals surface area contributed by atoms with Gasteiger partial charge in [0.1, 0.15) is 5.75 Å². The summed E-state index contributed by atoms with van der Waals surface area (Å²) in [5.41, 5.74) is -0.679. The van der Waals surface area contributed by atoms with E-state index >= 15 is 0 Å². The summed E-state index contributed by atoms with van der Waals surface area (Å²) in [6.45, 7) is 2.09. The van der Waals surface area contributed by atoms with Gasteiger partial charge in [0.15, 0.2) is 0 Å². The molecule has 0 aliphatic rings. The van der Waals surface area contributed by atoms with Crippen LogP contribution in [0.4, 0.5) is 13.2 Å². The number of hydrogen-bond acceptors (Lipinski definition) is 1. The van der Waals surface area contributed by atoms with Gasteiger partial charge in [-0.15, -0.1) is 0 Å². The van der Waals surface area contributed by atoms with Crippen molar-refractivity contribution in [2.45, 2.75) is 13.1 Å². The molecular formula is C9H8F3IO. The summed E-state index contributed by atoms with van der Waals surface area (Å²) in [4.78, 5) is 0. The van der Waals surface area contributed by atoms with Gasteiger partial charge in [-0.1, -0.05) is 0 Å². The van der Waals surface area contributed by atoms with Crippen molar-refractivity contribution in [2.24, 2.45) is 0 Å². The van der Waals surface area contributed by atoms with Gasteiger partial charge in [0.05, 0.1) is 15.7 Å². The maximum absolute atomic E-state index is 12.3. The highest BCUT2D eigenvalue weighted by Gasteiger charge is 2.31. The second-order valence-electron chi connectivity index (χ2n) is 2.58. The molecule has 1 aromatic carbocycles. The van der Waals surface area contributed by atoms with Crippen LogP contribution in [0.1, 0.15) is 12.5 Å². The van der Waals surface area contributed by atoms with E-state index < -0.39 is 11.7 Å². The van der Waals surface area contributed by atoms with Crippen LogP contribution in [0.3, 0.4) is 0 Å². The number of hydrogen-bond donors (Lipinski definition) is 0. The molecule has 0 radical (unpaired) electrons. The molecule has 0 aliphatic heterocycles. The molecule has 1 rings (SSSR count). The summed E-state index contributed by atoms with van der Waals surface area (Å²) in [6.07, 6.45) is -4.31. The number of benzene rings is 1. The fourth-order valence-electron chi connectivity index (χ4n) is 0.946. The zero-order valence-electron chi connectivity index (χ0n) is 7.36. The van der Waals surface area contributed by atoms with E-state index in [1.807, 2.05) is 22.6 Å². The molecule has 0 amide bonds. The maximum Gasteiger partial charge on any atom is 0.416 e. The fraction of sp³-hybridized carbons (Fsp3) is 0.333. The lowest BCUT2D eigenvalue weighted by Crippen LogP contribution is -2.06. The number of rotatable bonds is 2. The minimum atomic E-state index is -4.31. The zero-order valence-corrected chi connectivity index (χ0v) is 9.52. The van der Waals surface area contributed by atoms with E-state index in [0.29, 0.717) is 10.2 Å². The Bertz CT molecular complexity index is 322. The molecule has 0 aliphatic carbocycles. The normalized spacial score (nSPS) is 11.5. The van der Waals surface area contributed by atoms with Crippen LogP contribution in [0.2, 0.25) is 0 Å². The van der Waals surface area contributed by atoms with Crippen molar-refractivity contribution in [3.8, 4) is 5.75 Å². The quantitative estimate of drug-likeness (QED) is 0.756. The van der Waals surface area contributed by atoms with Gasteiger partial charge < -0.3 is 4.74 Å². The summed E-state index contributed by atoms with van der Waals surface area (Å²) in [7, 11) is 0. The minimum absolute atomic E-state index is 0.280. The lowest BCUT2D eigenvalue weighted by atomic mass is 10.2. The Hall–Kier alpha value is -0.460. The SMILES string of the molecule is CCOc1cc(C(F)(F)F)ccc1I.